The highest BCUT2D eigenvalue weighted by Gasteiger charge is 2.25. The first kappa shape index (κ1) is 20.3. The van der Waals surface area contributed by atoms with Crippen LogP contribution in [0.5, 0.6) is 0 Å². The second-order valence-electron chi connectivity index (χ2n) is 7.75. The molecule has 1 heterocycles. The molecule has 3 aromatic rings. The highest BCUT2D eigenvalue weighted by Crippen LogP contribution is 2.29. The van der Waals surface area contributed by atoms with Crippen LogP contribution < -0.4 is 21.9 Å². The maximum Gasteiger partial charge on any atom is 0.253 e. The number of benzene rings is 2. The van der Waals surface area contributed by atoms with Gasteiger partial charge in [-0.15, -0.1) is 0 Å². The van der Waals surface area contributed by atoms with E-state index in [9.17, 15) is 9.59 Å². The van der Waals surface area contributed by atoms with Crippen LogP contribution in [0, 0.1) is 0 Å². The molecule has 0 atom stereocenters. The molecule has 0 saturated carbocycles. The highest BCUT2D eigenvalue weighted by atomic mass is 16.5. The minimum absolute atomic E-state index is 0.0555. The Morgan fingerprint density at radius 2 is 1.50 bits per heavy atom. The zero-order valence-corrected chi connectivity index (χ0v) is 16.9. The van der Waals surface area contributed by atoms with Crippen LogP contribution in [0.25, 0.3) is 0 Å². The smallest absolute Gasteiger partial charge is 0.253 e. The molecule has 1 fully saturated rings. The molecule has 1 saturated heterocycles. The molecule has 0 aromatic heterocycles. The van der Waals surface area contributed by atoms with Gasteiger partial charge in [0.15, 0.2) is 0 Å². The number of anilines is 2. The summed E-state index contributed by atoms with van der Waals surface area (Å²) in [7, 11) is 0. The number of nitrogens with two attached hydrogens (primary N) is 1. The summed E-state index contributed by atoms with van der Waals surface area (Å²) in [5.74, 6) is 0. The first-order valence-electron chi connectivity index (χ1n) is 10.4. The summed E-state index contributed by atoms with van der Waals surface area (Å²) in [6, 6.07) is 20.7. The van der Waals surface area contributed by atoms with Crippen molar-refractivity contribution in [1.29, 1.82) is 0 Å². The Labute approximate surface area is 176 Å². The van der Waals surface area contributed by atoms with Crippen molar-refractivity contribution in [3.05, 3.63) is 92.2 Å². The molecule has 0 amide bonds. The van der Waals surface area contributed by atoms with Crippen LogP contribution in [0.3, 0.4) is 0 Å². The molecule has 0 radical (unpaired) electrons. The third kappa shape index (κ3) is 4.45. The van der Waals surface area contributed by atoms with Gasteiger partial charge in [0.25, 0.3) is 10.9 Å². The van der Waals surface area contributed by atoms with E-state index in [1.165, 1.54) is 11.1 Å². The predicted molar refractivity (Wildman–Crippen MR) is 120 cm³/mol. The third-order valence-electron chi connectivity index (χ3n) is 5.74. The van der Waals surface area contributed by atoms with Crippen molar-refractivity contribution >= 4 is 11.4 Å². The maximum absolute atomic E-state index is 11.5. The van der Waals surface area contributed by atoms with Gasteiger partial charge in [-0.2, -0.15) is 0 Å². The van der Waals surface area contributed by atoms with Gasteiger partial charge >= 0.3 is 0 Å². The van der Waals surface area contributed by atoms with Crippen LogP contribution in [-0.4, -0.2) is 37.2 Å². The van der Waals surface area contributed by atoms with Gasteiger partial charge in [0, 0.05) is 26.2 Å². The number of likely N-dealkylation sites (tertiary alicyclic amines) is 1. The molecule has 0 spiro atoms. The minimum Gasteiger partial charge on any atom is -0.394 e. The molecular weight excluding hydrogens is 378 g/mol. The molecule has 0 aliphatic carbocycles. The monoisotopic (exact) mass is 405 g/mol. The van der Waals surface area contributed by atoms with E-state index in [2.05, 4.69) is 34.5 Å². The number of nitrogens with one attached hydrogen (secondary N) is 1. The summed E-state index contributed by atoms with van der Waals surface area (Å²) >= 11 is 0. The number of piperidine rings is 1. The fourth-order valence-corrected chi connectivity index (χ4v) is 3.99. The van der Waals surface area contributed by atoms with E-state index < -0.39 is 10.9 Å². The molecule has 156 valence electrons. The van der Waals surface area contributed by atoms with Gasteiger partial charge in [-0.3, -0.25) is 9.59 Å². The largest absolute Gasteiger partial charge is 0.394 e. The molecule has 0 bridgehead atoms. The second kappa shape index (κ2) is 9.24. The molecule has 3 N–H and O–H groups in total. The Bertz CT molecular complexity index is 982. The number of nitrogens with zero attached hydrogens (tertiary/aromatic N) is 1. The van der Waals surface area contributed by atoms with E-state index >= 15 is 0 Å². The van der Waals surface area contributed by atoms with Crippen molar-refractivity contribution in [3.8, 4) is 0 Å². The quantitative estimate of drug-likeness (QED) is 0.561. The Morgan fingerprint density at radius 1 is 0.933 bits per heavy atom. The van der Waals surface area contributed by atoms with Crippen molar-refractivity contribution < 1.29 is 4.74 Å². The zero-order chi connectivity index (χ0) is 20.9. The van der Waals surface area contributed by atoms with Gasteiger partial charge in [-0.1, -0.05) is 60.7 Å². The molecule has 3 aromatic carbocycles. The number of hydrogen-bond donors (Lipinski definition) is 2. The van der Waals surface area contributed by atoms with E-state index in [1.807, 2.05) is 36.4 Å². The van der Waals surface area contributed by atoms with Gasteiger partial charge in [0.1, 0.15) is 17.5 Å². The lowest BCUT2D eigenvalue weighted by molar-refractivity contribution is -0.0263. The fourth-order valence-electron chi connectivity index (χ4n) is 3.99. The Hall–Kier alpha value is -2.96. The average Bonchev–Trinajstić information content (AvgIpc) is 2.81. The third-order valence-corrected chi connectivity index (χ3v) is 5.74. The van der Waals surface area contributed by atoms with Gasteiger partial charge in [-0.05, 0) is 24.0 Å². The molecule has 1 aliphatic rings. The van der Waals surface area contributed by atoms with Crippen molar-refractivity contribution in [1.82, 2.24) is 4.90 Å². The van der Waals surface area contributed by atoms with E-state index in [0.29, 0.717) is 6.54 Å². The van der Waals surface area contributed by atoms with E-state index in [0.717, 1.165) is 32.5 Å². The standard InChI is InChI=1S/C24H27N3O3/c25-20-21(23(29)22(20)28)26-13-16-27-14-11-19(12-15-27)30-24(17-7-3-1-4-8-17)18-9-5-2-6-10-18/h1-10,19,24,26H,11-16,25H2. The van der Waals surface area contributed by atoms with Crippen molar-refractivity contribution in [2.45, 2.75) is 25.0 Å². The lowest BCUT2D eigenvalue weighted by Crippen LogP contribution is -2.41. The van der Waals surface area contributed by atoms with E-state index in [-0.39, 0.29) is 23.6 Å². The molecule has 30 heavy (non-hydrogen) atoms. The van der Waals surface area contributed by atoms with Crippen molar-refractivity contribution in [2.24, 2.45) is 0 Å². The lowest BCUT2D eigenvalue weighted by atomic mass is 10.00. The summed E-state index contributed by atoms with van der Waals surface area (Å²) in [5, 5.41) is 2.99. The SMILES string of the molecule is Nc1c(NCCN2CCC(OC(c3ccccc3)c3ccccc3)CC2)c(=O)c1=O. The minimum atomic E-state index is -0.582. The summed E-state index contributed by atoms with van der Waals surface area (Å²) in [5.41, 5.74) is 7.13. The van der Waals surface area contributed by atoms with Gasteiger partial charge in [-0.25, -0.2) is 0 Å². The molecule has 6 nitrogen and oxygen atoms in total. The van der Waals surface area contributed by atoms with Gasteiger partial charge in [0.05, 0.1) is 6.10 Å². The molecule has 6 heteroatoms. The lowest BCUT2D eigenvalue weighted by Gasteiger charge is -2.34. The second-order valence-corrected chi connectivity index (χ2v) is 7.75. The summed E-state index contributed by atoms with van der Waals surface area (Å²) in [4.78, 5) is 25.0. The predicted octanol–water partition coefficient (Wildman–Crippen LogP) is 2.55. The van der Waals surface area contributed by atoms with E-state index in [1.54, 1.807) is 0 Å². The highest BCUT2D eigenvalue weighted by molar-refractivity contribution is 5.71. The molecule has 4 rings (SSSR count). The van der Waals surface area contributed by atoms with Crippen LogP contribution in [0.1, 0.15) is 30.1 Å². The number of nitrogen functional groups attached to an aromatic ring is 1. The van der Waals surface area contributed by atoms with Crippen LogP contribution in [0.15, 0.2) is 70.3 Å². The van der Waals surface area contributed by atoms with Crippen molar-refractivity contribution in [3.63, 3.8) is 0 Å². The van der Waals surface area contributed by atoms with Crippen molar-refractivity contribution in [2.75, 3.05) is 37.2 Å². The average molecular weight is 405 g/mol. The van der Waals surface area contributed by atoms with E-state index in [4.69, 9.17) is 10.5 Å². The molecular formula is C24H27N3O3. The Kier molecular flexibility index (Phi) is 6.26. The Morgan fingerprint density at radius 3 is 2.03 bits per heavy atom. The first-order valence-corrected chi connectivity index (χ1v) is 10.4. The summed E-state index contributed by atoms with van der Waals surface area (Å²) < 4.78 is 6.57. The number of rotatable bonds is 8. The number of ether oxygens (including phenoxy) is 1. The Balaban J connectivity index is 1.30. The summed E-state index contributed by atoms with van der Waals surface area (Å²) in [6.45, 7) is 3.26. The maximum atomic E-state index is 11.5. The van der Waals surface area contributed by atoms with Crippen LogP contribution in [0.4, 0.5) is 11.4 Å². The van der Waals surface area contributed by atoms with Crippen LogP contribution in [0.2, 0.25) is 0 Å². The zero-order valence-electron chi connectivity index (χ0n) is 16.9. The van der Waals surface area contributed by atoms with Gasteiger partial charge < -0.3 is 20.7 Å². The van der Waals surface area contributed by atoms with Crippen LogP contribution in [-0.2, 0) is 4.74 Å². The topological polar surface area (TPSA) is 84.7 Å². The molecule has 1 aliphatic heterocycles. The normalized spacial score (nSPS) is 15.6. The van der Waals surface area contributed by atoms with Gasteiger partial charge in [0.2, 0.25) is 0 Å². The fraction of sp³-hybridized carbons (Fsp3) is 0.333. The summed E-state index contributed by atoms with van der Waals surface area (Å²) in [6.07, 6.45) is 2.04. The molecule has 0 unspecified atom stereocenters. The van der Waals surface area contributed by atoms with Crippen LogP contribution >= 0.6 is 0 Å². The number of hydrogen-bond acceptors (Lipinski definition) is 6. The first-order chi connectivity index (χ1) is 14.6.